The van der Waals surface area contributed by atoms with Gasteiger partial charge in [-0.25, -0.2) is 0 Å². The van der Waals surface area contributed by atoms with Crippen LogP contribution in [0.2, 0.25) is 10.0 Å². The highest BCUT2D eigenvalue weighted by Crippen LogP contribution is 2.32. The summed E-state index contributed by atoms with van der Waals surface area (Å²) >= 11 is 11.9. The predicted molar refractivity (Wildman–Crippen MR) is 67.2 cm³/mol. The molecule has 2 nitrogen and oxygen atoms in total. The summed E-state index contributed by atoms with van der Waals surface area (Å²) in [4.78, 5) is 0. The van der Waals surface area contributed by atoms with E-state index in [1.807, 2.05) is 25.1 Å². The van der Waals surface area contributed by atoms with E-state index in [0.29, 0.717) is 22.6 Å². The molecular formula is C12H15Cl2NO. The molecule has 0 aromatic heterocycles. The Morgan fingerprint density at radius 3 is 2.62 bits per heavy atom. The second-order valence-electron chi connectivity index (χ2n) is 3.97. The standard InChI is InChI=1S/C12H15Cl2NO/c1-2-16-12(9-6-15-7-9)8-3-4-10(13)11(14)5-8/h3-5,9,12,15H,2,6-7H2,1H3/t12-/m1/s1. The van der Waals surface area contributed by atoms with Crippen LogP contribution in [0.15, 0.2) is 18.2 Å². The van der Waals surface area contributed by atoms with Crippen LogP contribution in [-0.4, -0.2) is 19.7 Å². The molecule has 1 aliphatic rings. The van der Waals surface area contributed by atoms with Gasteiger partial charge in [0.25, 0.3) is 0 Å². The van der Waals surface area contributed by atoms with Gasteiger partial charge in [0.15, 0.2) is 0 Å². The molecule has 1 heterocycles. The first kappa shape index (κ1) is 12.2. The van der Waals surface area contributed by atoms with Crippen LogP contribution < -0.4 is 5.32 Å². The highest BCUT2D eigenvalue weighted by Gasteiger charge is 2.29. The van der Waals surface area contributed by atoms with Gasteiger partial charge < -0.3 is 10.1 Å². The van der Waals surface area contributed by atoms with Gasteiger partial charge in [-0.1, -0.05) is 29.3 Å². The van der Waals surface area contributed by atoms with Gasteiger partial charge >= 0.3 is 0 Å². The van der Waals surface area contributed by atoms with Gasteiger partial charge in [0, 0.05) is 25.6 Å². The highest BCUT2D eigenvalue weighted by molar-refractivity contribution is 6.42. The molecule has 1 atom stereocenters. The van der Waals surface area contributed by atoms with Crippen LogP contribution in [0.1, 0.15) is 18.6 Å². The molecule has 0 bridgehead atoms. The van der Waals surface area contributed by atoms with Gasteiger partial charge in [0.2, 0.25) is 0 Å². The third-order valence-electron chi connectivity index (χ3n) is 2.86. The van der Waals surface area contributed by atoms with Crippen LogP contribution >= 0.6 is 23.2 Å². The summed E-state index contributed by atoms with van der Waals surface area (Å²) in [5.74, 6) is 0.539. The largest absolute Gasteiger partial charge is 0.373 e. The van der Waals surface area contributed by atoms with Gasteiger partial charge in [-0.2, -0.15) is 0 Å². The predicted octanol–water partition coefficient (Wildman–Crippen LogP) is 3.29. The van der Waals surface area contributed by atoms with Gasteiger partial charge in [0.05, 0.1) is 16.1 Å². The average Bonchev–Trinajstić information content (AvgIpc) is 2.19. The molecule has 1 aromatic rings. The summed E-state index contributed by atoms with van der Waals surface area (Å²) in [6.07, 6.45) is 0.126. The lowest BCUT2D eigenvalue weighted by Gasteiger charge is -2.34. The van der Waals surface area contributed by atoms with E-state index >= 15 is 0 Å². The van der Waals surface area contributed by atoms with E-state index in [-0.39, 0.29) is 6.10 Å². The number of ether oxygens (including phenoxy) is 1. The Balaban J connectivity index is 2.20. The van der Waals surface area contributed by atoms with Crippen LogP contribution in [0.25, 0.3) is 0 Å². The van der Waals surface area contributed by atoms with E-state index < -0.39 is 0 Å². The van der Waals surface area contributed by atoms with Crippen molar-refractivity contribution < 1.29 is 4.74 Å². The number of rotatable bonds is 4. The molecule has 0 aliphatic carbocycles. The van der Waals surface area contributed by atoms with Crippen LogP contribution in [0.3, 0.4) is 0 Å². The van der Waals surface area contributed by atoms with Gasteiger partial charge in [-0.3, -0.25) is 0 Å². The molecule has 4 heteroatoms. The second-order valence-corrected chi connectivity index (χ2v) is 4.78. The van der Waals surface area contributed by atoms with Crippen LogP contribution in [0.5, 0.6) is 0 Å². The van der Waals surface area contributed by atoms with Crippen LogP contribution in [0, 0.1) is 5.92 Å². The van der Waals surface area contributed by atoms with Crippen molar-refractivity contribution >= 4 is 23.2 Å². The SMILES string of the molecule is CCO[C@H](c1ccc(Cl)c(Cl)c1)C1CNC1. The zero-order valence-corrected chi connectivity index (χ0v) is 10.7. The van der Waals surface area contributed by atoms with E-state index in [2.05, 4.69) is 5.32 Å². The molecule has 0 spiro atoms. The minimum absolute atomic E-state index is 0.126. The molecule has 0 unspecified atom stereocenters. The molecule has 1 aliphatic heterocycles. The summed E-state index contributed by atoms with van der Waals surface area (Å²) in [6, 6.07) is 5.73. The molecule has 1 N–H and O–H groups in total. The molecule has 0 saturated carbocycles. The van der Waals surface area contributed by atoms with Gasteiger partial charge in [-0.05, 0) is 24.6 Å². The molecule has 2 rings (SSSR count). The Morgan fingerprint density at radius 2 is 2.12 bits per heavy atom. The maximum atomic E-state index is 6.02. The first-order chi connectivity index (χ1) is 7.72. The minimum Gasteiger partial charge on any atom is -0.373 e. The van der Waals surface area contributed by atoms with Crippen molar-refractivity contribution in [2.45, 2.75) is 13.0 Å². The lowest BCUT2D eigenvalue weighted by molar-refractivity contribution is 0.000440. The van der Waals surface area contributed by atoms with Crippen molar-refractivity contribution in [3.63, 3.8) is 0 Å². The first-order valence-electron chi connectivity index (χ1n) is 5.49. The summed E-state index contributed by atoms with van der Waals surface area (Å²) in [7, 11) is 0. The van der Waals surface area contributed by atoms with E-state index in [0.717, 1.165) is 18.7 Å². The normalized spacial score (nSPS) is 18.2. The summed E-state index contributed by atoms with van der Waals surface area (Å²) < 4.78 is 5.79. The molecular weight excluding hydrogens is 245 g/mol. The van der Waals surface area contributed by atoms with E-state index in [1.165, 1.54) is 0 Å². The smallest absolute Gasteiger partial charge is 0.0877 e. The topological polar surface area (TPSA) is 21.3 Å². The third-order valence-corrected chi connectivity index (χ3v) is 3.60. The van der Waals surface area contributed by atoms with E-state index in [9.17, 15) is 0 Å². The molecule has 88 valence electrons. The fourth-order valence-electron chi connectivity index (χ4n) is 1.90. The van der Waals surface area contributed by atoms with Gasteiger partial charge in [-0.15, -0.1) is 0 Å². The number of halogens is 2. The Morgan fingerprint density at radius 1 is 1.38 bits per heavy atom. The summed E-state index contributed by atoms with van der Waals surface area (Å²) in [5, 5.41) is 4.44. The number of hydrogen-bond acceptors (Lipinski definition) is 2. The Kier molecular flexibility index (Phi) is 4.09. The quantitative estimate of drug-likeness (QED) is 0.896. The van der Waals surface area contributed by atoms with E-state index in [1.54, 1.807) is 0 Å². The highest BCUT2D eigenvalue weighted by atomic mass is 35.5. The molecule has 16 heavy (non-hydrogen) atoms. The minimum atomic E-state index is 0.126. The van der Waals surface area contributed by atoms with Crippen molar-refractivity contribution in [2.24, 2.45) is 5.92 Å². The third kappa shape index (κ3) is 2.51. The molecule has 1 aromatic carbocycles. The number of hydrogen-bond donors (Lipinski definition) is 1. The number of benzene rings is 1. The molecule has 0 radical (unpaired) electrons. The lowest BCUT2D eigenvalue weighted by Crippen LogP contribution is -2.46. The lowest BCUT2D eigenvalue weighted by atomic mass is 9.91. The van der Waals surface area contributed by atoms with Crippen molar-refractivity contribution in [1.82, 2.24) is 5.32 Å². The van der Waals surface area contributed by atoms with E-state index in [4.69, 9.17) is 27.9 Å². The Bertz CT molecular complexity index is 366. The van der Waals surface area contributed by atoms with Crippen molar-refractivity contribution in [2.75, 3.05) is 19.7 Å². The first-order valence-corrected chi connectivity index (χ1v) is 6.25. The number of nitrogens with one attached hydrogen (secondary N) is 1. The van der Waals surface area contributed by atoms with Crippen molar-refractivity contribution in [3.05, 3.63) is 33.8 Å². The van der Waals surface area contributed by atoms with Crippen molar-refractivity contribution in [1.29, 1.82) is 0 Å². The second kappa shape index (κ2) is 5.37. The molecule has 1 fully saturated rings. The maximum Gasteiger partial charge on any atom is 0.0877 e. The Hall–Kier alpha value is -0.280. The molecule has 1 saturated heterocycles. The fourth-order valence-corrected chi connectivity index (χ4v) is 2.20. The average molecular weight is 260 g/mol. The summed E-state index contributed by atoms with van der Waals surface area (Å²) in [5.41, 5.74) is 1.11. The summed E-state index contributed by atoms with van der Waals surface area (Å²) in [6.45, 7) is 4.73. The maximum absolute atomic E-state index is 6.02. The monoisotopic (exact) mass is 259 g/mol. The van der Waals surface area contributed by atoms with Crippen LogP contribution in [0.4, 0.5) is 0 Å². The zero-order valence-electron chi connectivity index (χ0n) is 9.17. The van der Waals surface area contributed by atoms with Gasteiger partial charge in [0.1, 0.15) is 0 Å². The van der Waals surface area contributed by atoms with Crippen LogP contribution in [-0.2, 0) is 4.74 Å². The zero-order chi connectivity index (χ0) is 11.5. The fraction of sp³-hybridized carbons (Fsp3) is 0.500. The van der Waals surface area contributed by atoms with Crippen molar-refractivity contribution in [3.8, 4) is 0 Å². The Labute approximate surface area is 106 Å². The molecule has 0 amide bonds.